The lowest BCUT2D eigenvalue weighted by molar-refractivity contribution is -0.127. The standard InChI is InChI=1S/C40H42ClFN6O4/c1-52-34-12-6-28(7-13-34)37(50)14-15-38(51)47-18-16-46(17-19-47)24-26-2-4-27(5-3-26)36-25-48(32-8-10-33(49)11-9-32)39-35(36)23-43-40(45-39)44-31-21-29(41)20-30(42)22-31/h2-7,12-15,20-23,25,32-33,40,44-45,49H,8-11,16-19,24H2,1H3/b15-14+. The second-order valence-electron chi connectivity index (χ2n) is 13.5. The van der Waals surface area contributed by atoms with Gasteiger partial charge in [-0.2, -0.15) is 0 Å². The van der Waals surface area contributed by atoms with E-state index in [2.05, 4.69) is 50.6 Å². The summed E-state index contributed by atoms with van der Waals surface area (Å²) in [5.41, 5.74) is 5.31. The van der Waals surface area contributed by atoms with Crippen LogP contribution >= 0.6 is 11.6 Å². The maximum atomic E-state index is 14.0. The van der Waals surface area contributed by atoms with Gasteiger partial charge in [0.05, 0.1) is 13.2 Å². The molecule has 52 heavy (non-hydrogen) atoms. The number of rotatable bonds is 10. The fraction of sp³-hybridized carbons (Fsp3) is 0.325. The van der Waals surface area contributed by atoms with Gasteiger partial charge >= 0.3 is 0 Å². The maximum Gasteiger partial charge on any atom is 0.246 e. The van der Waals surface area contributed by atoms with E-state index in [9.17, 15) is 19.1 Å². The monoisotopic (exact) mass is 724 g/mol. The predicted molar refractivity (Wildman–Crippen MR) is 202 cm³/mol. The van der Waals surface area contributed by atoms with Gasteiger partial charge in [-0.25, -0.2) is 9.38 Å². The molecule has 3 heterocycles. The summed E-state index contributed by atoms with van der Waals surface area (Å²) in [5, 5.41) is 17.2. The Morgan fingerprint density at radius 2 is 1.73 bits per heavy atom. The smallest absolute Gasteiger partial charge is 0.246 e. The van der Waals surface area contributed by atoms with Crippen molar-refractivity contribution >= 4 is 41.0 Å². The lowest BCUT2D eigenvalue weighted by atomic mass is 9.93. The number of methoxy groups -OCH3 is 1. The van der Waals surface area contributed by atoms with Gasteiger partial charge in [0, 0.05) is 84.7 Å². The first-order chi connectivity index (χ1) is 25.2. The Kier molecular flexibility index (Phi) is 10.7. The van der Waals surface area contributed by atoms with Crippen molar-refractivity contribution in [2.45, 2.75) is 50.7 Å². The van der Waals surface area contributed by atoms with Crippen molar-refractivity contribution in [1.29, 1.82) is 0 Å². The molecule has 270 valence electrons. The third kappa shape index (κ3) is 8.22. The number of amides is 1. The van der Waals surface area contributed by atoms with E-state index in [-0.39, 0.29) is 23.8 Å². The van der Waals surface area contributed by atoms with Crippen LogP contribution in [0.15, 0.2) is 90.1 Å². The molecular formula is C40H42ClFN6O4. The van der Waals surface area contributed by atoms with Gasteiger partial charge in [0.1, 0.15) is 17.4 Å². The molecule has 1 saturated carbocycles. The molecule has 4 aromatic rings. The molecule has 1 aliphatic carbocycles. The highest BCUT2D eigenvalue weighted by Crippen LogP contribution is 2.39. The number of fused-ring (bicyclic) bond motifs is 1. The highest BCUT2D eigenvalue weighted by molar-refractivity contribution is 6.30. The highest BCUT2D eigenvalue weighted by atomic mass is 35.5. The minimum absolute atomic E-state index is 0.163. The SMILES string of the molecule is COc1ccc(C(=O)/C=C/C(=O)N2CCN(Cc3ccc(-c4cn(C5CCC(O)CC5)c5c4C=NC(Nc4cc(F)cc(Cl)c4)N5)cc3)CC2)cc1. The Balaban J connectivity index is 0.988. The molecular weight excluding hydrogens is 683 g/mol. The molecule has 12 heteroatoms. The van der Waals surface area contributed by atoms with Crippen molar-refractivity contribution in [3.63, 3.8) is 0 Å². The summed E-state index contributed by atoms with van der Waals surface area (Å²) in [4.78, 5) is 34.1. The molecule has 1 saturated heterocycles. The molecule has 1 aromatic heterocycles. The molecule has 7 rings (SSSR count). The highest BCUT2D eigenvalue weighted by Gasteiger charge is 2.28. The number of piperazine rings is 1. The summed E-state index contributed by atoms with van der Waals surface area (Å²) < 4.78 is 21.4. The molecule has 0 spiro atoms. The van der Waals surface area contributed by atoms with Crippen LogP contribution in [0.4, 0.5) is 15.9 Å². The number of aliphatic hydroxyl groups excluding tert-OH is 1. The number of carbonyl (C=O) groups is 2. The molecule has 10 nitrogen and oxygen atoms in total. The quantitative estimate of drug-likeness (QED) is 0.123. The van der Waals surface area contributed by atoms with Crippen molar-refractivity contribution in [1.82, 2.24) is 14.4 Å². The number of benzene rings is 3. The zero-order valence-corrected chi connectivity index (χ0v) is 29.7. The van der Waals surface area contributed by atoms with Crippen LogP contribution in [-0.2, 0) is 11.3 Å². The van der Waals surface area contributed by atoms with Crippen LogP contribution in [0.2, 0.25) is 5.02 Å². The van der Waals surface area contributed by atoms with Crippen LogP contribution in [0.5, 0.6) is 5.75 Å². The number of aromatic nitrogens is 1. The zero-order chi connectivity index (χ0) is 36.2. The molecule has 3 aliphatic rings. The van der Waals surface area contributed by atoms with E-state index in [1.165, 1.54) is 29.8 Å². The van der Waals surface area contributed by atoms with E-state index < -0.39 is 12.1 Å². The fourth-order valence-corrected chi connectivity index (χ4v) is 7.36. The van der Waals surface area contributed by atoms with E-state index in [4.69, 9.17) is 21.3 Å². The molecule has 1 unspecified atom stereocenters. The number of aliphatic imine (C=N–C) groups is 1. The lowest BCUT2D eigenvalue weighted by Gasteiger charge is -2.34. The third-order valence-electron chi connectivity index (χ3n) is 10.0. The van der Waals surface area contributed by atoms with E-state index >= 15 is 0 Å². The second-order valence-corrected chi connectivity index (χ2v) is 14.0. The van der Waals surface area contributed by atoms with E-state index in [1.54, 1.807) is 42.3 Å². The number of hydrogen-bond donors (Lipinski definition) is 3. The molecule has 1 atom stereocenters. The number of hydrogen-bond acceptors (Lipinski definition) is 8. The molecule has 0 radical (unpaired) electrons. The van der Waals surface area contributed by atoms with E-state index in [1.807, 2.05) is 6.21 Å². The summed E-state index contributed by atoms with van der Waals surface area (Å²) in [5.74, 6) is 0.793. The number of halogens is 2. The summed E-state index contributed by atoms with van der Waals surface area (Å²) in [6.45, 7) is 3.41. The minimum Gasteiger partial charge on any atom is -0.497 e. The van der Waals surface area contributed by atoms with Gasteiger partial charge in [-0.15, -0.1) is 0 Å². The topological polar surface area (TPSA) is 111 Å². The molecule has 1 amide bonds. The van der Waals surface area contributed by atoms with Crippen LogP contribution in [0, 0.1) is 5.82 Å². The van der Waals surface area contributed by atoms with E-state index in [0.29, 0.717) is 35.1 Å². The summed E-state index contributed by atoms with van der Waals surface area (Å²) in [6.07, 6.45) is 9.21. The van der Waals surface area contributed by atoms with Gasteiger partial charge in [-0.05, 0) is 85.4 Å². The predicted octanol–water partition coefficient (Wildman–Crippen LogP) is 6.76. The molecule has 3 N–H and O–H groups in total. The van der Waals surface area contributed by atoms with Crippen molar-refractivity contribution in [3.05, 3.63) is 113 Å². The number of carbonyl (C=O) groups excluding carboxylic acids is 2. The first-order valence-electron chi connectivity index (χ1n) is 17.6. The van der Waals surface area contributed by atoms with Gasteiger partial charge < -0.3 is 29.9 Å². The number of nitrogens with zero attached hydrogens (tertiary/aromatic N) is 4. The van der Waals surface area contributed by atoms with Crippen LogP contribution in [0.3, 0.4) is 0 Å². The Labute approximate surface area is 307 Å². The van der Waals surface area contributed by atoms with Crippen molar-refractivity contribution in [3.8, 4) is 16.9 Å². The van der Waals surface area contributed by atoms with Gasteiger partial charge in [-0.1, -0.05) is 35.9 Å². The Bertz CT molecular complexity index is 1940. The average Bonchev–Trinajstić information content (AvgIpc) is 3.53. The number of allylic oxidation sites excluding steroid dienone is 1. The Morgan fingerprint density at radius 1 is 1.00 bits per heavy atom. The average molecular weight is 725 g/mol. The van der Waals surface area contributed by atoms with Crippen LogP contribution in [0.1, 0.15) is 53.2 Å². The molecule has 3 aromatic carbocycles. The van der Waals surface area contributed by atoms with Gasteiger partial charge in [-0.3, -0.25) is 14.5 Å². The Hall–Kier alpha value is -4.97. The van der Waals surface area contributed by atoms with Gasteiger partial charge in [0.15, 0.2) is 12.1 Å². The second kappa shape index (κ2) is 15.7. The Morgan fingerprint density at radius 3 is 2.42 bits per heavy atom. The maximum absolute atomic E-state index is 14.0. The number of nitrogens with one attached hydrogen (secondary N) is 2. The largest absolute Gasteiger partial charge is 0.497 e. The van der Waals surface area contributed by atoms with Crippen LogP contribution in [-0.4, -0.2) is 83.1 Å². The fourth-order valence-electron chi connectivity index (χ4n) is 7.14. The van der Waals surface area contributed by atoms with Crippen LogP contribution < -0.4 is 15.4 Å². The lowest BCUT2D eigenvalue weighted by Crippen LogP contribution is -2.47. The number of anilines is 2. The first kappa shape index (κ1) is 35.4. The van der Waals surface area contributed by atoms with E-state index in [0.717, 1.165) is 67.8 Å². The summed E-state index contributed by atoms with van der Waals surface area (Å²) in [7, 11) is 1.57. The summed E-state index contributed by atoms with van der Waals surface area (Å²) >= 11 is 6.09. The molecule has 0 bridgehead atoms. The molecule has 2 fully saturated rings. The first-order valence-corrected chi connectivity index (χ1v) is 18.0. The zero-order valence-electron chi connectivity index (χ0n) is 29.0. The van der Waals surface area contributed by atoms with Gasteiger partial charge in [0.25, 0.3) is 0 Å². The normalized spacial score (nSPS) is 20.4. The minimum atomic E-state index is -0.517. The number of ketones is 1. The molecule has 2 aliphatic heterocycles. The summed E-state index contributed by atoms with van der Waals surface area (Å²) in [6, 6.07) is 19.9. The number of aliphatic hydroxyl groups is 1. The van der Waals surface area contributed by atoms with Crippen LogP contribution in [0.25, 0.3) is 11.1 Å². The van der Waals surface area contributed by atoms with Crippen molar-refractivity contribution < 1.29 is 23.8 Å². The van der Waals surface area contributed by atoms with Crippen molar-refractivity contribution in [2.24, 2.45) is 4.99 Å². The third-order valence-corrected chi connectivity index (χ3v) is 10.2. The van der Waals surface area contributed by atoms with Crippen molar-refractivity contribution in [2.75, 3.05) is 43.9 Å². The number of ether oxygens (including phenoxy) is 1. The van der Waals surface area contributed by atoms with Gasteiger partial charge in [0.2, 0.25) is 5.91 Å².